The highest BCUT2D eigenvalue weighted by Gasteiger charge is 2.30. The molecule has 18 heavy (non-hydrogen) atoms. The Bertz CT molecular complexity index is 276. The SMILES string of the molecule is CNC(=O)[C@H]1CN(C)CCN(C2CCCCC2)C1. The standard InChI is InChI=1S/C14H27N3O/c1-15-14(18)12-10-16(2)8-9-17(11-12)13-6-4-3-5-7-13/h12-13H,3-11H2,1-2H3,(H,15,18)/t12-/m0/s1. The lowest BCUT2D eigenvalue weighted by Crippen LogP contribution is -2.43. The molecule has 1 saturated carbocycles. The van der Waals surface area contributed by atoms with Crippen LogP contribution in [0.3, 0.4) is 0 Å². The Balaban J connectivity index is 1.99. The van der Waals surface area contributed by atoms with Gasteiger partial charge in [0.2, 0.25) is 5.91 Å². The Morgan fingerprint density at radius 2 is 1.83 bits per heavy atom. The van der Waals surface area contributed by atoms with Crippen molar-refractivity contribution in [1.82, 2.24) is 15.1 Å². The Hall–Kier alpha value is -0.610. The normalized spacial score (nSPS) is 28.9. The molecule has 104 valence electrons. The van der Waals surface area contributed by atoms with Crippen LogP contribution in [-0.4, -0.2) is 62.0 Å². The van der Waals surface area contributed by atoms with Gasteiger partial charge >= 0.3 is 0 Å². The summed E-state index contributed by atoms with van der Waals surface area (Å²) in [6.45, 7) is 4.04. The molecule has 0 aromatic heterocycles. The third kappa shape index (κ3) is 3.45. The van der Waals surface area contributed by atoms with Gasteiger partial charge in [-0.3, -0.25) is 9.69 Å². The van der Waals surface area contributed by atoms with Crippen LogP contribution < -0.4 is 5.32 Å². The highest BCUT2D eigenvalue weighted by atomic mass is 16.1. The molecule has 0 aromatic rings. The molecule has 2 rings (SSSR count). The van der Waals surface area contributed by atoms with Gasteiger partial charge in [-0.25, -0.2) is 0 Å². The summed E-state index contributed by atoms with van der Waals surface area (Å²) < 4.78 is 0. The first kappa shape index (κ1) is 13.8. The summed E-state index contributed by atoms with van der Waals surface area (Å²) in [4.78, 5) is 16.8. The summed E-state index contributed by atoms with van der Waals surface area (Å²) in [6, 6.07) is 0.720. The molecule has 4 heteroatoms. The zero-order valence-electron chi connectivity index (χ0n) is 11.8. The van der Waals surface area contributed by atoms with Gasteiger partial charge in [0, 0.05) is 39.3 Å². The van der Waals surface area contributed by atoms with Crippen LogP contribution >= 0.6 is 0 Å². The van der Waals surface area contributed by atoms with Crippen LogP contribution in [0.1, 0.15) is 32.1 Å². The molecule has 1 heterocycles. The van der Waals surface area contributed by atoms with Gasteiger partial charge in [-0.2, -0.15) is 0 Å². The van der Waals surface area contributed by atoms with Gasteiger partial charge in [0.25, 0.3) is 0 Å². The van der Waals surface area contributed by atoms with Crippen LogP contribution in [0, 0.1) is 5.92 Å². The van der Waals surface area contributed by atoms with E-state index in [0.29, 0.717) is 0 Å². The Labute approximate surface area is 111 Å². The number of hydrogen-bond donors (Lipinski definition) is 1. The molecule has 1 aliphatic heterocycles. The Morgan fingerprint density at radius 3 is 2.50 bits per heavy atom. The van der Waals surface area contributed by atoms with Crippen molar-refractivity contribution in [3.63, 3.8) is 0 Å². The number of carbonyl (C=O) groups excluding carboxylic acids is 1. The summed E-state index contributed by atoms with van der Waals surface area (Å²) >= 11 is 0. The van der Waals surface area contributed by atoms with E-state index in [2.05, 4.69) is 22.2 Å². The van der Waals surface area contributed by atoms with Gasteiger partial charge in [0.05, 0.1) is 5.92 Å². The van der Waals surface area contributed by atoms with Crippen molar-refractivity contribution in [1.29, 1.82) is 0 Å². The molecule has 0 aromatic carbocycles. The summed E-state index contributed by atoms with van der Waals surface area (Å²) in [5.74, 6) is 0.328. The van der Waals surface area contributed by atoms with E-state index in [9.17, 15) is 4.79 Å². The minimum absolute atomic E-state index is 0.129. The van der Waals surface area contributed by atoms with Gasteiger partial charge in [-0.15, -0.1) is 0 Å². The molecule has 2 aliphatic rings. The van der Waals surface area contributed by atoms with Crippen molar-refractivity contribution in [3.05, 3.63) is 0 Å². The van der Waals surface area contributed by atoms with E-state index < -0.39 is 0 Å². The molecular weight excluding hydrogens is 226 g/mol. The van der Waals surface area contributed by atoms with Crippen molar-refractivity contribution in [2.24, 2.45) is 5.92 Å². The number of nitrogens with one attached hydrogen (secondary N) is 1. The molecule has 1 atom stereocenters. The van der Waals surface area contributed by atoms with E-state index in [0.717, 1.165) is 32.2 Å². The second-order valence-corrected chi connectivity index (χ2v) is 5.86. The molecular formula is C14H27N3O. The lowest BCUT2D eigenvalue weighted by molar-refractivity contribution is -0.125. The monoisotopic (exact) mass is 253 g/mol. The first-order valence-electron chi connectivity index (χ1n) is 7.35. The average Bonchev–Trinajstić information content (AvgIpc) is 2.61. The van der Waals surface area contributed by atoms with Crippen LogP contribution in [0.5, 0.6) is 0 Å². The quantitative estimate of drug-likeness (QED) is 0.795. The van der Waals surface area contributed by atoms with Gasteiger partial charge < -0.3 is 10.2 Å². The summed E-state index contributed by atoms with van der Waals surface area (Å²) in [7, 11) is 3.87. The maximum absolute atomic E-state index is 11.9. The smallest absolute Gasteiger partial charge is 0.225 e. The zero-order chi connectivity index (χ0) is 13.0. The predicted octanol–water partition coefficient (Wildman–Crippen LogP) is 0.929. The highest BCUT2D eigenvalue weighted by molar-refractivity contribution is 5.78. The number of rotatable bonds is 2. The van der Waals surface area contributed by atoms with Gasteiger partial charge in [-0.05, 0) is 19.9 Å². The second-order valence-electron chi connectivity index (χ2n) is 5.86. The molecule has 0 radical (unpaired) electrons. The van der Waals surface area contributed by atoms with E-state index >= 15 is 0 Å². The first-order valence-corrected chi connectivity index (χ1v) is 7.35. The lowest BCUT2D eigenvalue weighted by Gasteiger charge is -2.34. The molecule has 1 saturated heterocycles. The van der Waals surface area contributed by atoms with E-state index in [1.54, 1.807) is 7.05 Å². The molecule has 4 nitrogen and oxygen atoms in total. The molecule has 1 aliphatic carbocycles. The molecule has 0 bridgehead atoms. The molecule has 1 amide bonds. The topological polar surface area (TPSA) is 35.6 Å². The number of nitrogens with zero attached hydrogens (tertiary/aromatic N) is 2. The van der Waals surface area contributed by atoms with Crippen LogP contribution in [0.2, 0.25) is 0 Å². The van der Waals surface area contributed by atoms with Crippen molar-refractivity contribution >= 4 is 5.91 Å². The van der Waals surface area contributed by atoms with Crippen LogP contribution in [0.15, 0.2) is 0 Å². The lowest BCUT2D eigenvalue weighted by atomic mass is 9.93. The maximum Gasteiger partial charge on any atom is 0.225 e. The number of carbonyl (C=O) groups is 1. The average molecular weight is 253 g/mol. The third-order valence-electron chi connectivity index (χ3n) is 4.46. The fraction of sp³-hybridized carbons (Fsp3) is 0.929. The van der Waals surface area contributed by atoms with Crippen molar-refractivity contribution in [2.45, 2.75) is 38.1 Å². The second kappa shape index (κ2) is 6.53. The number of hydrogen-bond acceptors (Lipinski definition) is 3. The summed E-state index contributed by atoms with van der Waals surface area (Å²) in [5, 5.41) is 2.81. The van der Waals surface area contributed by atoms with Crippen LogP contribution in [0.4, 0.5) is 0 Å². The highest BCUT2D eigenvalue weighted by Crippen LogP contribution is 2.24. The summed E-state index contributed by atoms with van der Waals surface area (Å²) in [6.07, 6.45) is 6.76. The Morgan fingerprint density at radius 1 is 1.11 bits per heavy atom. The first-order chi connectivity index (χ1) is 8.70. The van der Waals surface area contributed by atoms with Gasteiger partial charge in [-0.1, -0.05) is 19.3 Å². The van der Waals surface area contributed by atoms with E-state index in [1.165, 1.54) is 32.1 Å². The van der Waals surface area contributed by atoms with E-state index in [-0.39, 0.29) is 11.8 Å². The van der Waals surface area contributed by atoms with Crippen LogP contribution in [-0.2, 0) is 4.79 Å². The summed E-state index contributed by atoms with van der Waals surface area (Å²) in [5.41, 5.74) is 0. The third-order valence-corrected chi connectivity index (χ3v) is 4.46. The molecule has 0 unspecified atom stereocenters. The molecule has 2 fully saturated rings. The largest absolute Gasteiger partial charge is 0.359 e. The van der Waals surface area contributed by atoms with Crippen molar-refractivity contribution in [2.75, 3.05) is 40.3 Å². The maximum atomic E-state index is 11.9. The fourth-order valence-electron chi connectivity index (χ4n) is 3.35. The molecule has 0 spiro atoms. The fourth-order valence-corrected chi connectivity index (χ4v) is 3.35. The molecule has 1 N–H and O–H groups in total. The number of amides is 1. The van der Waals surface area contributed by atoms with Crippen molar-refractivity contribution < 1.29 is 4.79 Å². The minimum atomic E-state index is 0.129. The van der Waals surface area contributed by atoms with E-state index in [1.807, 2.05) is 0 Å². The predicted molar refractivity (Wildman–Crippen MR) is 73.5 cm³/mol. The number of likely N-dealkylation sites (N-methyl/N-ethyl adjacent to an activating group) is 1. The van der Waals surface area contributed by atoms with Crippen molar-refractivity contribution in [3.8, 4) is 0 Å². The van der Waals surface area contributed by atoms with Gasteiger partial charge in [0.15, 0.2) is 0 Å². The van der Waals surface area contributed by atoms with Crippen LogP contribution in [0.25, 0.3) is 0 Å². The minimum Gasteiger partial charge on any atom is -0.359 e. The Kier molecular flexibility index (Phi) is 5.01. The van der Waals surface area contributed by atoms with Gasteiger partial charge in [0.1, 0.15) is 0 Å². The van der Waals surface area contributed by atoms with E-state index in [4.69, 9.17) is 0 Å². The zero-order valence-corrected chi connectivity index (χ0v) is 11.8.